The third-order valence-electron chi connectivity index (χ3n) is 4.56. The van der Waals surface area contributed by atoms with Crippen LogP contribution >= 0.6 is 0 Å². The van der Waals surface area contributed by atoms with Crippen molar-refractivity contribution in [3.63, 3.8) is 0 Å². The van der Waals surface area contributed by atoms with Gasteiger partial charge in [-0.15, -0.1) is 0 Å². The van der Waals surface area contributed by atoms with E-state index in [-0.39, 0.29) is 24.8 Å². The molecule has 0 spiro atoms. The van der Waals surface area contributed by atoms with Gasteiger partial charge in [-0.25, -0.2) is 4.79 Å². The van der Waals surface area contributed by atoms with Gasteiger partial charge in [0.15, 0.2) is 11.5 Å². The van der Waals surface area contributed by atoms with Gasteiger partial charge in [0.25, 0.3) is 0 Å². The lowest BCUT2D eigenvalue weighted by Gasteiger charge is -2.22. The maximum Gasteiger partial charge on any atom is 0.326 e. The van der Waals surface area contributed by atoms with Gasteiger partial charge in [-0.05, 0) is 18.1 Å². The first-order chi connectivity index (χ1) is 12.4. The van der Waals surface area contributed by atoms with E-state index in [4.69, 9.17) is 9.47 Å². The van der Waals surface area contributed by atoms with Crippen LogP contribution in [0.1, 0.15) is 20.3 Å². The summed E-state index contributed by atoms with van der Waals surface area (Å²) in [5, 5.41) is 11.8. The number of benzene rings is 1. The predicted octanol–water partition coefficient (Wildman–Crippen LogP) is 1.04. The molecule has 2 aliphatic heterocycles. The Morgan fingerprint density at radius 1 is 1.23 bits per heavy atom. The zero-order valence-electron chi connectivity index (χ0n) is 14.7. The molecule has 1 saturated heterocycles. The number of rotatable bonds is 5. The highest BCUT2D eigenvalue weighted by Crippen LogP contribution is 2.36. The lowest BCUT2D eigenvalue weighted by atomic mass is 10.0. The number of aliphatic carboxylic acids is 1. The summed E-state index contributed by atoms with van der Waals surface area (Å²) >= 11 is 0. The van der Waals surface area contributed by atoms with Gasteiger partial charge in [-0.2, -0.15) is 0 Å². The highest BCUT2D eigenvalue weighted by atomic mass is 16.6. The molecule has 1 unspecified atom stereocenters. The predicted molar refractivity (Wildman–Crippen MR) is 92.3 cm³/mol. The van der Waals surface area contributed by atoms with Gasteiger partial charge < -0.3 is 24.8 Å². The SMILES string of the molecule is CC(C)[C@H](NC(=O)C1CC(=O)N(c2ccc3c(c2)OCCO3)C1)C(=O)O. The van der Waals surface area contributed by atoms with Gasteiger partial charge in [0, 0.05) is 24.7 Å². The molecule has 2 atom stereocenters. The second-order valence-electron chi connectivity index (χ2n) is 6.80. The molecule has 2 N–H and O–H groups in total. The van der Waals surface area contributed by atoms with E-state index in [0.717, 1.165) is 0 Å². The van der Waals surface area contributed by atoms with E-state index in [0.29, 0.717) is 30.4 Å². The van der Waals surface area contributed by atoms with E-state index in [2.05, 4.69) is 5.32 Å². The van der Waals surface area contributed by atoms with Crippen molar-refractivity contribution >= 4 is 23.5 Å². The number of nitrogens with one attached hydrogen (secondary N) is 1. The van der Waals surface area contributed by atoms with Crippen molar-refractivity contribution in [2.45, 2.75) is 26.3 Å². The first-order valence-electron chi connectivity index (χ1n) is 8.60. The lowest BCUT2D eigenvalue weighted by molar-refractivity contribution is -0.143. The van der Waals surface area contributed by atoms with Crippen molar-refractivity contribution in [2.24, 2.45) is 11.8 Å². The van der Waals surface area contributed by atoms with Crippen molar-refractivity contribution in [1.82, 2.24) is 5.32 Å². The van der Waals surface area contributed by atoms with Gasteiger partial charge >= 0.3 is 5.97 Å². The zero-order chi connectivity index (χ0) is 18.8. The van der Waals surface area contributed by atoms with E-state index < -0.39 is 23.8 Å². The molecule has 0 saturated carbocycles. The van der Waals surface area contributed by atoms with E-state index in [9.17, 15) is 19.5 Å². The average molecular weight is 362 g/mol. The first kappa shape index (κ1) is 18.0. The van der Waals surface area contributed by atoms with Gasteiger partial charge in [-0.1, -0.05) is 13.8 Å². The molecule has 0 radical (unpaired) electrons. The Morgan fingerprint density at radius 2 is 1.92 bits per heavy atom. The summed E-state index contributed by atoms with van der Waals surface area (Å²) in [5.74, 6) is -1.32. The summed E-state index contributed by atoms with van der Waals surface area (Å²) in [4.78, 5) is 37.6. The summed E-state index contributed by atoms with van der Waals surface area (Å²) in [5.41, 5.74) is 0.633. The highest BCUT2D eigenvalue weighted by Gasteiger charge is 2.37. The van der Waals surface area contributed by atoms with Crippen LogP contribution in [0, 0.1) is 11.8 Å². The molecular formula is C18H22N2O6. The molecule has 2 heterocycles. The molecule has 1 fully saturated rings. The summed E-state index contributed by atoms with van der Waals surface area (Å²) in [6.07, 6.45) is 0.0463. The second-order valence-corrected chi connectivity index (χ2v) is 6.80. The van der Waals surface area contributed by atoms with Crippen LogP contribution in [0.5, 0.6) is 11.5 Å². The van der Waals surface area contributed by atoms with Crippen molar-refractivity contribution in [1.29, 1.82) is 0 Å². The molecule has 8 nitrogen and oxygen atoms in total. The third-order valence-corrected chi connectivity index (χ3v) is 4.56. The van der Waals surface area contributed by atoms with Gasteiger partial charge in [0.2, 0.25) is 11.8 Å². The molecule has 0 aromatic heterocycles. The molecule has 1 aromatic carbocycles. The van der Waals surface area contributed by atoms with Crippen LogP contribution in [0.3, 0.4) is 0 Å². The minimum Gasteiger partial charge on any atom is -0.486 e. The van der Waals surface area contributed by atoms with Crippen LogP contribution in [0.4, 0.5) is 5.69 Å². The first-order valence-corrected chi connectivity index (χ1v) is 8.60. The Bertz CT molecular complexity index is 732. The topological polar surface area (TPSA) is 105 Å². The largest absolute Gasteiger partial charge is 0.486 e. The van der Waals surface area contributed by atoms with E-state index >= 15 is 0 Å². The Labute approximate surface area is 151 Å². The number of carboxylic acid groups (broad SMARTS) is 1. The number of anilines is 1. The number of fused-ring (bicyclic) bond motifs is 1. The Kier molecular flexibility index (Phi) is 5.01. The summed E-state index contributed by atoms with van der Waals surface area (Å²) in [6, 6.07) is 4.24. The second kappa shape index (κ2) is 7.23. The smallest absolute Gasteiger partial charge is 0.326 e. The average Bonchev–Trinajstić information content (AvgIpc) is 3.00. The number of hydrogen-bond acceptors (Lipinski definition) is 5. The Hall–Kier alpha value is -2.77. The van der Waals surface area contributed by atoms with Crippen LogP contribution in [0.25, 0.3) is 0 Å². The summed E-state index contributed by atoms with van der Waals surface area (Å²) in [6.45, 7) is 4.58. The molecular weight excluding hydrogens is 340 g/mol. The minimum atomic E-state index is -1.08. The molecule has 2 amide bonds. The fraction of sp³-hybridized carbons (Fsp3) is 0.500. The number of carboxylic acids is 1. The molecule has 26 heavy (non-hydrogen) atoms. The number of nitrogens with zero attached hydrogens (tertiary/aromatic N) is 1. The highest BCUT2D eigenvalue weighted by molar-refractivity contribution is 6.01. The minimum absolute atomic E-state index is 0.0463. The van der Waals surface area contributed by atoms with Crippen LogP contribution in [-0.4, -0.2) is 48.7 Å². The number of carbonyl (C=O) groups excluding carboxylic acids is 2. The van der Waals surface area contributed by atoms with Gasteiger partial charge in [0.1, 0.15) is 19.3 Å². The fourth-order valence-electron chi connectivity index (χ4n) is 3.12. The van der Waals surface area contributed by atoms with Crippen molar-refractivity contribution in [2.75, 3.05) is 24.7 Å². The van der Waals surface area contributed by atoms with Crippen molar-refractivity contribution in [3.05, 3.63) is 18.2 Å². The van der Waals surface area contributed by atoms with E-state index in [1.807, 2.05) is 0 Å². The quantitative estimate of drug-likeness (QED) is 0.811. The standard InChI is InChI=1S/C18H22N2O6/c1-10(2)16(18(23)24)19-17(22)11-7-15(21)20(9-11)12-3-4-13-14(8-12)26-6-5-25-13/h3-4,8,10-11,16H,5-7,9H2,1-2H3,(H,19,22)(H,23,24)/t11?,16-/m0/s1. The molecule has 8 heteroatoms. The Balaban J connectivity index is 1.70. The summed E-state index contributed by atoms with van der Waals surface area (Å²) < 4.78 is 11.0. The monoisotopic (exact) mass is 362 g/mol. The Morgan fingerprint density at radius 3 is 2.58 bits per heavy atom. The summed E-state index contributed by atoms with van der Waals surface area (Å²) in [7, 11) is 0. The molecule has 0 aliphatic carbocycles. The number of carbonyl (C=O) groups is 3. The number of ether oxygens (including phenoxy) is 2. The van der Waals surface area contributed by atoms with Gasteiger partial charge in [0.05, 0.1) is 5.92 Å². The van der Waals surface area contributed by atoms with E-state index in [1.54, 1.807) is 32.0 Å². The number of hydrogen-bond donors (Lipinski definition) is 2. The molecule has 140 valence electrons. The lowest BCUT2D eigenvalue weighted by Crippen LogP contribution is -2.47. The maximum absolute atomic E-state index is 12.4. The van der Waals surface area contributed by atoms with Crippen LogP contribution < -0.4 is 19.7 Å². The molecule has 1 aromatic rings. The fourth-order valence-corrected chi connectivity index (χ4v) is 3.12. The zero-order valence-corrected chi connectivity index (χ0v) is 14.7. The molecule has 2 aliphatic rings. The van der Waals surface area contributed by atoms with Crippen molar-refractivity contribution < 1.29 is 29.0 Å². The molecule has 0 bridgehead atoms. The molecule has 3 rings (SSSR count). The van der Waals surface area contributed by atoms with Gasteiger partial charge in [-0.3, -0.25) is 9.59 Å². The van der Waals surface area contributed by atoms with Crippen LogP contribution in [-0.2, 0) is 14.4 Å². The maximum atomic E-state index is 12.4. The van der Waals surface area contributed by atoms with Crippen LogP contribution in [0.15, 0.2) is 18.2 Å². The normalized spacial score (nSPS) is 20.2. The van der Waals surface area contributed by atoms with Crippen LogP contribution in [0.2, 0.25) is 0 Å². The third kappa shape index (κ3) is 3.58. The van der Waals surface area contributed by atoms with E-state index in [1.165, 1.54) is 4.90 Å². The van der Waals surface area contributed by atoms with Crippen molar-refractivity contribution in [3.8, 4) is 11.5 Å². The number of amides is 2.